The summed E-state index contributed by atoms with van der Waals surface area (Å²) in [5.74, 6) is -0.358. The number of allylic oxidation sites excluding steroid dienone is 8. The normalized spacial score (nSPS) is 13.3. The van der Waals surface area contributed by atoms with Gasteiger partial charge in [0.1, 0.15) is 23.1 Å². The van der Waals surface area contributed by atoms with Crippen LogP contribution in [-0.2, 0) is 26.2 Å². The predicted octanol–water partition coefficient (Wildman–Crippen LogP) is 7.85. The number of phenols is 2. The molecule has 2 N–H and O–H groups in total. The molecule has 174 valence electrons. The fourth-order valence-corrected chi connectivity index (χ4v) is 2.73. The summed E-state index contributed by atoms with van der Waals surface area (Å²) in [5.41, 5.74) is 6.43. The molecule has 0 heterocycles. The van der Waals surface area contributed by atoms with E-state index in [1.54, 1.807) is 13.8 Å². The molecule has 0 bridgehead atoms. The van der Waals surface area contributed by atoms with Gasteiger partial charge in [-0.25, -0.2) is 32.1 Å². The second-order valence-corrected chi connectivity index (χ2v) is 7.85. The number of aromatic hydroxyl groups is 2. The first kappa shape index (κ1) is 30.7. The van der Waals surface area contributed by atoms with Gasteiger partial charge in [0.2, 0.25) is 0 Å². The van der Waals surface area contributed by atoms with Crippen LogP contribution in [0.25, 0.3) is 0 Å². The van der Waals surface area contributed by atoms with Gasteiger partial charge in [0, 0.05) is 0 Å². The van der Waals surface area contributed by atoms with Crippen molar-refractivity contribution in [3.63, 3.8) is 0 Å². The van der Waals surface area contributed by atoms with Crippen molar-refractivity contribution >= 4 is 0 Å². The number of benzene rings is 2. The monoisotopic (exact) mass is 528 g/mol. The van der Waals surface area contributed by atoms with Gasteiger partial charge in [0.25, 0.3) is 0 Å². The van der Waals surface area contributed by atoms with Gasteiger partial charge in [-0.05, 0) is 61.4 Å². The molecule has 2 aliphatic rings. The first-order chi connectivity index (χ1) is 15.0. The van der Waals surface area contributed by atoms with Crippen molar-refractivity contribution in [2.45, 2.75) is 54.4 Å². The number of phenolic OH excluding ortho intramolecular Hbond substituents is 2. The molecule has 2 aromatic rings. The van der Waals surface area contributed by atoms with Crippen LogP contribution in [0, 0.1) is 37.6 Å². The molecule has 0 aromatic heterocycles. The van der Waals surface area contributed by atoms with Gasteiger partial charge < -0.3 is 10.2 Å². The molecule has 0 saturated heterocycles. The summed E-state index contributed by atoms with van der Waals surface area (Å²) in [6.45, 7) is 11.7. The third-order valence-electron chi connectivity index (χ3n) is 4.57. The van der Waals surface area contributed by atoms with Gasteiger partial charge in [0.05, 0.1) is 0 Å². The molecule has 0 unspecified atom stereocenters. The summed E-state index contributed by atoms with van der Waals surface area (Å²) in [7, 11) is 0. The Morgan fingerprint density at radius 2 is 0.970 bits per heavy atom. The van der Waals surface area contributed by atoms with Crippen LogP contribution in [0.15, 0.2) is 70.8 Å². The van der Waals surface area contributed by atoms with Crippen LogP contribution < -0.4 is 0 Å². The average molecular weight is 530 g/mol. The summed E-state index contributed by atoms with van der Waals surface area (Å²) in [5, 5.41) is 17.8. The topological polar surface area (TPSA) is 40.5 Å². The first-order valence-electron chi connectivity index (χ1n) is 10.4. The first-order valence-corrected chi connectivity index (χ1v) is 10.4. The van der Waals surface area contributed by atoms with E-state index < -0.39 is 0 Å². The number of halogens is 2. The van der Waals surface area contributed by atoms with Crippen molar-refractivity contribution in [3.05, 3.63) is 106 Å². The molecule has 2 aromatic carbocycles. The standard InChI is InChI=1S/2C7H7FO.2C7H9.Zr/c2*1-5-4-6(8)2-3-7(5)9;2*1-6-3-4-7(2)5-6;/h2*2-4,9H,1H3;2*3H,4H2,1-2H3;/q;;2*-1;+2. The van der Waals surface area contributed by atoms with E-state index in [4.69, 9.17) is 10.2 Å². The zero-order valence-electron chi connectivity index (χ0n) is 20.2. The molecule has 0 fully saturated rings. The van der Waals surface area contributed by atoms with E-state index in [0.29, 0.717) is 11.1 Å². The van der Waals surface area contributed by atoms with Crippen molar-refractivity contribution in [2.75, 3.05) is 0 Å². The molecule has 4 rings (SSSR count). The van der Waals surface area contributed by atoms with Crippen LogP contribution in [0.2, 0.25) is 0 Å². The Labute approximate surface area is 216 Å². The second-order valence-electron chi connectivity index (χ2n) is 7.85. The molecule has 0 atom stereocenters. The van der Waals surface area contributed by atoms with E-state index in [2.05, 4.69) is 52.0 Å². The SMILES string of the molecule is CC1=[C-]C(C)=CC1.CC1=[C-]C(C)=CC1.Cc1cc(F)ccc1O.Cc1cc(F)ccc1O.[Zr+2]. The van der Waals surface area contributed by atoms with Gasteiger partial charge in [-0.1, -0.05) is 40.5 Å². The van der Waals surface area contributed by atoms with Crippen LogP contribution in [0.3, 0.4) is 0 Å². The van der Waals surface area contributed by atoms with Gasteiger partial charge in [0.15, 0.2) is 0 Å². The summed E-state index contributed by atoms with van der Waals surface area (Å²) in [6.07, 6.45) is 13.0. The van der Waals surface area contributed by atoms with Gasteiger partial charge >= 0.3 is 26.2 Å². The largest absolute Gasteiger partial charge is 2.00 e. The fraction of sp³-hybridized carbons (Fsp3) is 0.286. The van der Waals surface area contributed by atoms with Crippen molar-refractivity contribution in [1.82, 2.24) is 0 Å². The summed E-state index contributed by atoms with van der Waals surface area (Å²) in [6, 6.07) is 7.70. The molecule has 5 heteroatoms. The molecule has 33 heavy (non-hydrogen) atoms. The van der Waals surface area contributed by atoms with Crippen LogP contribution in [0.5, 0.6) is 11.5 Å². The molecule has 2 nitrogen and oxygen atoms in total. The summed E-state index contributed by atoms with van der Waals surface area (Å²) >= 11 is 0. The van der Waals surface area contributed by atoms with Crippen molar-refractivity contribution < 1.29 is 45.2 Å². The zero-order valence-corrected chi connectivity index (χ0v) is 22.6. The van der Waals surface area contributed by atoms with Crippen molar-refractivity contribution in [1.29, 1.82) is 0 Å². The van der Waals surface area contributed by atoms with E-state index in [-0.39, 0.29) is 49.3 Å². The van der Waals surface area contributed by atoms with E-state index in [1.165, 1.54) is 58.7 Å². The molecule has 0 saturated carbocycles. The van der Waals surface area contributed by atoms with E-state index in [1.807, 2.05) is 0 Å². The zero-order chi connectivity index (χ0) is 24.3. The maximum absolute atomic E-state index is 12.2. The third-order valence-corrected chi connectivity index (χ3v) is 4.57. The molecule has 0 aliphatic heterocycles. The van der Waals surface area contributed by atoms with Crippen molar-refractivity contribution in [2.24, 2.45) is 0 Å². The Morgan fingerprint density at radius 1 is 0.636 bits per heavy atom. The number of hydrogen-bond acceptors (Lipinski definition) is 2. The molecular weight excluding hydrogens is 498 g/mol. The van der Waals surface area contributed by atoms with E-state index in [0.717, 1.165) is 12.8 Å². The fourth-order valence-electron chi connectivity index (χ4n) is 2.73. The maximum Gasteiger partial charge on any atom is 2.00 e. The van der Waals surface area contributed by atoms with E-state index >= 15 is 0 Å². The maximum atomic E-state index is 12.2. The van der Waals surface area contributed by atoms with Crippen molar-refractivity contribution in [3.8, 4) is 11.5 Å². The minimum absolute atomic E-state index is 0. The van der Waals surface area contributed by atoms with Gasteiger partial charge in [-0.2, -0.15) is 11.1 Å². The van der Waals surface area contributed by atoms with Crippen LogP contribution >= 0.6 is 0 Å². The Morgan fingerprint density at radius 3 is 1.12 bits per heavy atom. The molecular formula is C28H32F2O2Zr. The summed E-state index contributed by atoms with van der Waals surface area (Å²) in [4.78, 5) is 0. The number of hydrogen-bond donors (Lipinski definition) is 2. The second kappa shape index (κ2) is 15.6. The van der Waals surface area contributed by atoms with Crippen LogP contribution in [0.4, 0.5) is 8.78 Å². The predicted molar refractivity (Wildman–Crippen MR) is 127 cm³/mol. The van der Waals surface area contributed by atoms with Crippen LogP contribution in [0.1, 0.15) is 51.7 Å². The third kappa shape index (κ3) is 13.1. The number of aryl methyl sites for hydroxylation is 2. The minimum atomic E-state index is -0.315. The summed E-state index contributed by atoms with van der Waals surface area (Å²) < 4.78 is 24.5. The Hall–Kier alpha value is -2.26. The molecule has 0 amide bonds. The van der Waals surface area contributed by atoms with Gasteiger partial charge in [-0.15, -0.1) is 0 Å². The number of rotatable bonds is 0. The molecule has 0 spiro atoms. The quantitative estimate of drug-likeness (QED) is 0.341. The van der Waals surface area contributed by atoms with Gasteiger partial charge in [-0.3, -0.25) is 12.2 Å². The van der Waals surface area contributed by atoms with E-state index in [9.17, 15) is 8.78 Å². The minimum Gasteiger partial charge on any atom is -0.508 e. The average Bonchev–Trinajstić information content (AvgIpc) is 3.29. The molecule has 2 aliphatic carbocycles. The molecule has 0 radical (unpaired) electrons. The Bertz CT molecular complexity index is 951. The Kier molecular flexibility index (Phi) is 14.5. The Balaban J connectivity index is 0.000000412. The van der Waals surface area contributed by atoms with Crippen LogP contribution in [-0.4, -0.2) is 10.2 Å². The smallest absolute Gasteiger partial charge is 0.508 e.